The number of rotatable bonds is 6. The highest BCUT2D eigenvalue weighted by Crippen LogP contribution is 2.30. The number of benzene rings is 2. The van der Waals surface area contributed by atoms with Gasteiger partial charge in [0.15, 0.2) is 0 Å². The number of thiazole rings is 1. The molecule has 0 aliphatic rings. The Morgan fingerprint density at radius 1 is 0.889 bits per heavy atom. The summed E-state index contributed by atoms with van der Waals surface area (Å²) < 4.78 is 11.6. The number of hydrogen-bond donors (Lipinski definition) is 3. The number of para-hydroxylation sites is 1. The lowest BCUT2D eigenvalue weighted by molar-refractivity contribution is -0.118. The normalized spacial score (nSPS) is 12.5. The van der Waals surface area contributed by atoms with Gasteiger partial charge in [0.1, 0.15) is 22.3 Å². The summed E-state index contributed by atoms with van der Waals surface area (Å²) in [6.45, 7) is 10.1. The van der Waals surface area contributed by atoms with E-state index >= 15 is 0 Å². The van der Waals surface area contributed by atoms with Crippen LogP contribution in [0.25, 0.3) is 20.8 Å². The molecule has 192 valence electrons. The number of fused-ring (bicyclic) bond motifs is 1. The lowest BCUT2D eigenvalue weighted by Gasteiger charge is -2.24. The third-order valence-corrected chi connectivity index (χ3v) is 5.64. The van der Waals surface area contributed by atoms with E-state index in [0.29, 0.717) is 5.69 Å². The van der Waals surface area contributed by atoms with Gasteiger partial charge in [-0.3, -0.25) is 4.79 Å². The first-order chi connectivity index (χ1) is 16.8. The number of hydrogen-bond acceptors (Lipinski definition) is 7. The third kappa shape index (κ3) is 8.23. The highest BCUT2D eigenvalue weighted by Gasteiger charge is 2.26. The highest BCUT2D eigenvalue weighted by molar-refractivity contribution is 7.21. The number of ether oxygens (including phenoxy) is 2. The van der Waals surface area contributed by atoms with Gasteiger partial charge in [-0.1, -0.05) is 12.1 Å². The summed E-state index contributed by atoms with van der Waals surface area (Å²) in [5.74, 6) is -0.523. The molecule has 0 saturated carbocycles. The van der Waals surface area contributed by atoms with Crippen molar-refractivity contribution in [1.82, 2.24) is 15.6 Å². The van der Waals surface area contributed by atoms with Crippen molar-refractivity contribution >= 4 is 45.3 Å². The Bertz CT molecular complexity index is 1190. The zero-order valence-electron chi connectivity index (χ0n) is 21.3. The molecule has 36 heavy (non-hydrogen) atoms. The van der Waals surface area contributed by atoms with E-state index in [1.807, 2.05) is 36.4 Å². The third-order valence-electron chi connectivity index (χ3n) is 4.55. The van der Waals surface area contributed by atoms with Crippen molar-refractivity contribution in [3.05, 3.63) is 48.5 Å². The fourth-order valence-electron chi connectivity index (χ4n) is 3.08. The Balaban J connectivity index is 1.69. The lowest BCUT2D eigenvalue weighted by Crippen LogP contribution is -2.52. The molecule has 1 aromatic heterocycles. The molecule has 0 aliphatic carbocycles. The second-order valence-electron chi connectivity index (χ2n) is 10.1. The van der Waals surface area contributed by atoms with Crippen LogP contribution in [-0.2, 0) is 14.3 Å². The molecule has 0 aliphatic heterocycles. The monoisotopic (exact) mass is 512 g/mol. The van der Waals surface area contributed by atoms with E-state index < -0.39 is 35.3 Å². The predicted molar refractivity (Wildman–Crippen MR) is 141 cm³/mol. The second-order valence-corrected chi connectivity index (χ2v) is 11.2. The van der Waals surface area contributed by atoms with Gasteiger partial charge >= 0.3 is 12.2 Å². The first-order valence-corrected chi connectivity index (χ1v) is 12.3. The topological polar surface area (TPSA) is 119 Å². The van der Waals surface area contributed by atoms with Gasteiger partial charge in [-0.15, -0.1) is 11.3 Å². The number of nitrogens with zero attached hydrogens (tertiary/aromatic N) is 1. The molecule has 3 N–H and O–H groups in total. The maximum absolute atomic E-state index is 13.0. The molecule has 3 aromatic rings. The van der Waals surface area contributed by atoms with E-state index in [0.717, 1.165) is 20.8 Å². The average molecular weight is 513 g/mol. The number of carbonyl (C=O) groups is 3. The largest absolute Gasteiger partial charge is 0.444 e. The second kappa shape index (κ2) is 10.9. The van der Waals surface area contributed by atoms with Crippen molar-refractivity contribution in [3.8, 4) is 10.6 Å². The zero-order chi connectivity index (χ0) is 26.5. The summed E-state index contributed by atoms with van der Waals surface area (Å²) >= 11 is 1.59. The van der Waals surface area contributed by atoms with Crippen LogP contribution >= 0.6 is 11.3 Å². The SMILES string of the molecule is CC(C)(C)OC(=O)NCC(NC(=O)OC(C)(C)C)C(=O)Nc1ccc(-c2nc3ccccc3s2)cc1. The van der Waals surface area contributed by atoms with E-state index in [9.17, 15) is 14.4 Å². The van der Waals surface area contributed by atoms with Crippen molar-refractivity contribution in [2.75, 3.05) is 11.9 Å². The van der Waals surface area contributed by atoms with Crippen LogP contribution in [0.2, 0.25) is 0 Å². The summed E-state index contributed by atoms with van der Waals surface area (Å²) in [5.41, 5.74) is 0.928. The van der Waals surface area contributed by atoms with Crippen LogP contribution in [0.5, 0.6) is 0 Å². The van der Waals surface area contributed by atoms with E-state index in [1.165, 1.54) is 0 Å². The van der Waals surface area contributed by atoms with Crippen molar-refractivity contribution < 1.29 is 23.9 Å². The Hall–Kier alpha value is -3.66. The van der Waals surface area contributed by atoms with Gasteiger partial charge in [0.25, 0.3) is 0 Å². The van der Waals surface area contributed by atoms with Gasteiger partial charge in [0.05, 0.1) is 16.8 Å². The van der Waals surface area contributed by atoms with Crippen molar-refractivity contribution in [3.63, 3.8) is 0 Å². The number of nitrogens with one attached hydrogen (secondary N) is 3. The smallest absolute Gasteiger partial charge is 0.408 e. The van der Waals surface area contributed by atoms with Crippen molar-refractivity contribution in [2.45, 2.75) is 58.8 Å². The molecule has 0 saturated heterocycles. The Morgan fingerprint density at radius 3 is 2.11 bits per heavy atom. The Kier molecular flexibility index (Phi) is 8.19. The number of aromatic nitrogens is 1. The summed E-state index contributed by atoms with van der Waals surface area (Å²) in [6.07, 6.45) is -1.48. The molecule has 1 atom stereocenters. The summed E-state index contributed by atoms with van der Waals surface area (Å²) in [7, 11) is 0. The highest BCUT2D eigenvalue weighted by atomic mass is 32.1. The van der Waals surface area contributed by atoms with Crippen LogP contribution in [0.1, 0.15) is 41.5 Å². The van der Waals surface area contributed by atoms with E-state index in [2.05, 4.69) is 20.9 Å². The first kappa shape index (κ1) is 26.9. The Labute approximate surface area is 214 Å². The first-order valence-electron chi connectivity index (χ1n) is 11.5. The zero-order valence-corrected chi connectivity index (χ0v) is 22.1. The quantitative estimate of drug-likeness (QED) is 0.411. The fraction of sp³-hybridized carbons (Fsp3) is 0.385. The maximum atomic E-state index is 13.0. The predicted octanol–water partition coefficient (Wildman–Crippen LogP) is 5.32. The molecule has 1 unspecified atom stereocenters. The number of carbonyl (C=O) groups excluding carboxylic acids is 3. The molecule has 0 fully saturated rings. The molecule has 0 bridgehead atoms. The molecule has 0 spiro atoms. The van der Waals surface area contributed by atoms with Crippen LogP contribution in [0, 0.1) is 0 Å². The lowest BCUT2D eigenvalue weighted by atomic mass is 10.2. The van der Waals surface area contributed by atoms with Crippen molar-refractivity contribution in [2.24, 2.45) is 0 Å². The van der Waals surface area contributed by atoms with Crippen LogP contribution in [0.4, 0.5) is 15.3 Å². The minimum atomic E-state index is -1.10. The van der Waals surface area contributed by atoms with E-state index in [1.54, 1.807) is 65.0 Å². The van der Waals surface area contributed by atoms with Crippen LogP contribution in [-0.4, -0.2) is 46.9 Å². The van der Waals surface area contributed by atoms with Crippen molar-refractivity contribution in [1.29, 1.82) is 0 Å². The van der Waals surface area contributed by atoms with Crippen LogP contribution in [0.3, 0.4) is 0 Å². The molecular formula is C26H32N4O5S. The van der Waals surface area contributed by atoms with Gasteiger partial charge in [0, 0.05) is 11.3 Å². The van der Waals surface area contributed by atoms with Gasteiger partial charge in [-0.25, -0.2) is 14.6 Å². The fourth-order valence-corrected chi connectivity index (χ4v) is 4.05. The Morgan fingerprint density at radius 2 is 1.50 bits per heavy atom. The maximum Gasteiger partial charge on any atom is 0.408 e. The van der Waals surface area contributed by atoms with Crippen LogP contribution < -0.4 is 16.0 Å². The number of alkyl carbamates (subject to hydrolysis) is 2. The van der Waals surface area contributed by atoms with Crippen LogP contribution in [0.15, 0.2) is 48.5 Å². The number of anilines is 1. The molecule has 0 radical (unpaired) electrons. The van der Waals surface area contributed by atoms with Gasteiger partial charge in [-0.05, 0) is 77.9 Å². The minimum Gasteiger partial charge on any atom is -0.444 e. The molecule has 1 heterocycles. The summed E-state index contributed by atoms with van der Waals surface area (Å²) in [4.78, 5) is 42.0. The average Bonchev–Trinajstić information content (AvgIpc) is 3.19. The van der Waals surface area contributed by atoms with E-state index in [4.69, 9.17) is 9.47 Å². The summed E-state index contributed by atoms with van der Waals surface area (Å²) in [6, 6.07) is 14.0. The molecule has 2 aromatic carbocycles. The van der Waals surface area contributed by atoms with Gasteiger partial charge < -0.3 is 25.4 Å². The molecule has 3 amide bonds. The molecule has 3 rings (SSSR count). The van der Waals surface area contributed by atoms with E-state index in [-0.39, 0.29) is 6.54 Å². The molecule has 9 nitrogen and oxygen atoms in total. The minimum absolute atomic E-state index is 0.191. The number of amides is 3. The van der Waals surface area contributed by atoms with Gasteiger partial charge in [-0.2, -0.15) is 0 Å². The molecular weight excluding hydrogens is 480 g/mol. The standard InChI is InChI=1S/C26H32N4O5S/c1-25(2,3)34-23(32)27-15-19(30-24(33)35-26(4,5)6)21(31)28-17-13-11-16(12-14-17)22-29-18-9-7-8-10-20(18)36-22/h7-14,19H,15H2,1-6H3,(H,27,32)(H,28,31)(H,30,33). The van der Waals surface area contributed by atoms with Gasteiger partial charge in [0.2, 0.25) is 5.91 Å². The summed E-state index contributed by atoms with van der Waals surface area (Å²) in [5, 5.41) is 8.67. The molecule has 10 heteroatoms.